The van der Waals surface area contributed by atoms with E-state index in [-0.39, 0.29) is 12.5 Å². The molecule has 0 saturated carbocycles. The number of benzene rings is 2. The van der Waals surface area contributed by atoms with Crippen LogP contribution in [0.25, 0.3) is 0 Å². The molecule has 5 heteroatoms. The van der Waals surface area contributed by atoms with Gasteiger partial charge in [0.05, 0.1) is 0 Å². The fourth-order valence-corrected chi connectivity index (χ4v) is 2.38. The molecular weight excluding hydrogens is 318 g/mol. The number of carbonyl (C=O) groups is 2. The van der Waals surface area contributed by atoms with E-state index in [1.165, 1.54) is 0 Å². The Morgan fingerprint density at radius 3 is 2.24 bits per heavy atom. The topological polar surface area (TPSA) is 64.6 Å². The number of hydrogen-bond acceptors (Lipinski definition) is 4. The summed E-state index contributed by atoms with van der Waals surface area (Å²) >= 11 is 0. The molecule has 0 aromatic heterocycles. The molecular formula is C20H23NO4. The normalized spacial score (nSPS) is 11.5. The minimum atomic E-state index is -0.740. The summed E-state index contributed by atoms with van der Waals surface area (Å²) in [6, 6.07) is 14.8. The first kappa shape index (κ1) is 18.5. The summed E-state index contributed by atoms with van der Waals surface area (Å²) in [7, 11) is 0. The lowest BCUT2D eigenvalue weighted by atomic mass is 10.1. The fraction of sp³-hybridized carbons (Fsp3) is 0.300. The van der Waals surface area contributed by atoms with Crippen molar-refractivity contribution in [1.82, 2.24) is 0 Å². The lowest BCUT2D eigenvalue weighted by molar-refractivity contribution is -0.154. The second kappa shape index (κ2) is 8.87. The number of ether oxygens (including phenoxy) is 2. The molecule has 0 aliphatic rings. The SMILES string of the molecule is CC[C@@H](Oc1ccccc1)C(=O)OCC(=O)Nc1c(C)cccc1C. The summed E-state index contributed by atoms with van der Waals surface area (Å²) in [5.41, 5.74) is 2.66. The summed E-state index contributed by atoms with van der Waals surface area (Å²) in [6.45, 7) is 5.30. The van der Waals surface area contributed by atoms with Crippen LogP contribution in [-0.2, 0) is 14.3 Å². The molecule has 1 N–H and O–H groups in total. The standard InChI is InChI=1S/C20H23NO4/c1-4-17(25-16-11-6-5-7-12-16)20(23)24-13-18(22)21-19-14(2)9-8-10-15(19)3/h5-12,17H,4,13H2,1-3H3,(H,21,22)/t17-/m1/s1. The molecule has 132 valence electrons. The average molecular weight is 341 g/mol. The third kappa shape index (κ3) is 5.35. The van der Waals surface area contributed by atoms with Gasteiger partial charge in [-0.3, -0.25) is 4.79 Å². The summed E-state index contributed by atoms with van der Waals surface area (Å²) in [5.74, 6) is -0.338. The quantitative estimate of drug-likeness (QED) is 0.781. The zero-order chi connectivity index (χ0) is 18.2. The first-order valence-corrected chi connectivity index (χ1v) is 8.25. The van der Waals surface area contributed by atoms with E-state index in [0.29, 0.717) is 12.2 Å². The minimum Gasteiger partial charge on any atom is -0.479 e. The van der Waals surface area contributed by atoms with Gasteiger partial charge in [-0.15, -0.1) is 0 Å². The largest absolute Gasteiger partial charge is 0.479 e. The van der Waals surface area contributed by atoms with Crippen LogP contribution in [0.2, 0.25) is 0 Å². The number of hydrogen-bond donors (Lipinski definition) is 1. The van der Waals surface area contributed by atoms with Crippen LogP contribution in [0.3, 0.4) is 0 Å². The molecule has 0 fully saturated rings. The van der Waals surface area contributed by atoms with Crippen LogP contribution in [-0.4, -0.2) is 24.6 Å². The number of amides is 1. The predicted molar refractivity (Wildman–Crippen MR) is 96.7 cm³/mol. The number of para-hydroxylation sites is 2. The molecule has 0 spiro atoms. The Morgan fingerprint density at radius 2 is 1.64 bits per heavy atom. The number of aryl methyl sites for hydroxylation is 2. The third-order valence-corrected chi connectivity index (χ3v) is 3.75. The molecule has 0 radical (unpaired) electrons. The molecule has 5 nitrogen and oxygen atoms in total. The molecule has 0 bridgehead atoms. The van der Waals surface area contributed by atoms with Crippen LogP contribution in [0.5, 0.6) is 5.75 Å². The van der Waals surface area contributed by atoms with Crippen molar-refractivity contribution in [2.45, 2.75) is 33.3 Å². The number of esters is 1. The molecule has 0 unspecified atom stereocenters. The molecule has 0 aliphatic heterocycles. The number of anilines is 1. The first-order chi connectivity index (χ1) is 12.0. The van der Waals surface area contributed by atoms with Gasteiger partial charge in [-0.25, -0.2) is 4.79 Å². The van der Waals surface area contributed by atoms with Gasteiger partial charge in [-0.2, -0.15) is 0 Å². The monoisotopic (exact) mass is 341 g/mol. The van der Waals surface area contributed by atoms with Gasteiger partial charge in [-0.05, 0) is 43.5 Å². The van der Waals surface area contributed by atoms with Crippen molar-refractivity contribution < 1.29 is 19.1 Å². The van der Waals surface area contributed by atoms with Crippen molar-refractivity contribution in [3.05, 3.63) is 59.7 Å². The smallest absolute Gasteiger partial charge is 0.347 e. The van der Waals surface area contributed by atoms with Gasteiger partial charge >= 0.3 is 5.97 Å². The first-order valence-electron chi connectivity index (χ1n) is 8.25. The third-order valence-electron chi connectivity index (χ3n) is 3.75. The maximum Gasteiger partial charge on any atom is 0.347 e. The second-order valence-corrected chi connectivity index (χ2v) is 5.75. The van der Waals surface area contributed by atoms with Crippen molar-refractivity contribution in [2.24, 2.45) is 0 Å². The molecule has 2 aromatic rings. The van der Waals surface area contributed by atoms with E-state index in [1.807, 2.05) is 57.2 Å². The minimum absolute atomic E-state index is 0.346. The Bertz CT molecular complexity index is 707. The van der Waals surface area contributed by atoms with E-state index in [1.54, 1.807) is 12.1 Å². The van der Waals surface area contributed by atoms with Gasteiger partial charge in [0.2, 0.25) is 0 Å². The molecule has 0 saturated heterocycles. The Hall–Kier alpha value is -2.82. The molecule has 0 heterocycles. The summed E-state index contributed by atoms with van der Waals surface area (Å²) in [5, 5.41) is 2.78. The van der Waals surface area contributed by atoms with E-state index < -0.39 is 12.1 Å². The fourth-order valence-electron chi connectivity index (χ4n) is 2.38. The maximum absolute atomic E-state index is 12.1. The van der Waals surface area contributed by atoms with E-state index in [4.69, 9.17) is 9.47 Å². The van der Waals surface area contributed by atoms with Crippen molar-refractivity contribution >= 4 is 17.6 Å². The highest BCUT2D eigenvalue weighted by atomic mass is 16.6. The number of carbonyl (C=O) groups excluding carboxylic acids is 2. The highest BCUT2D eigenvalue weighted by molar-refractivity contribution is 5.94. The second-order valence-electron chi connectivity index (χ2n) is 5.75. The highest BCUT2D eigenvalue weighted by Gasteiger charge is 2.21. The molecule has 2 rings (SSSR count). The van der Waals surface area contributed by atoms with E-state index in [2.05, 4.69) is 5.32 Å². The Balaban J connectivity index is 1.88. The summed E-state index contributed by atoms with van der Waals surface area (Å²) in [6.07, 6.45) is -0.290. The van der Waals surface area contributed by atoms with Crippen LogP contribution in [0.4, 0.5) is 5.69 Å². The van der Waals surface area contributed by atoms with Crippen LogP contribution < -0.4 is 10.1 Å². The van der Waals surface area contributed by atoms with E-state index >= 15 is 0 Å². The zero-order valence-corrected chi connectivity index (χ0v) is 14.7. The van der Waals surface area contributed by atoms with Crippen LogP contribution in [0, 0.1) is 13.8 Å². The zero-order valence-electron chi connectivity index (χ0n) is 14.7. The van der Waals surface area contributed by atoms with Gasteiger partial charge in [0.15, 0.2) is 12.7 Å². The van der Waals surface area contributed by atoms with Crippen molar-refractivity contribution in [3.63, 3.8) is 0 Å². The maximum atomic E-state index is 12.1. The lowest BCUT2D eigenvalue weighted by Crippen LogP contribution is -2.31. The predicted octanol–water partition coefficient (Wildman–Crippen LogP) is 3.64. The van der Waals surface area contributed by atoms with Gasteiger partial charge in [-0.1, -0.05) is 43.3 Å². The van der Waals surface area contributed by atoms with Gasteiger partial charge in [0, 0.05) is 5.69 Å². The Kier molecular flexibility index (Phi) is 6.57. The van der Waals surface area contributed by atoms with Crippen LogP contribution >= 0.6 is 0 Å². The summed E-state index contributed by atoms with van der Waals surface area (Å²) in [4.78, 5) is 24.2. The number of rotatable bonds is 7. The molecule has 25 heavy (non-hydrogen) atoms. The van der Waals surface area contributed by atoms with Gasteiger partial charge in [0.25, 0.3) is 5.91 Å². The molecule has 1 atom stereocenters. The van der Waals surface area contributed by atoms with Crippen molar-refractivity contribution in [3.8, 4) is 5.75 Å². The van der Waals surface area contributed by atoms with E-state index in [0.717, 1.165) is 16.8 Å². The Morgan fingerprint density at radius 1 is 1.00 bits per heavy atom. The highest BCUT2D eigenvalue weighted by Crippen LogP contribution is 2.19. The molecule has 1 amide bonds. The van der Waals surface area contributed by atoms with Gasteiger partial charge < -0.3 is 14.8 Å². The molecule has 2 aromatic carbocycles. The van der Waals surface area contributed by atoms with Crippen molar-refractivity contribution in [1.29, 1.82) is 0 Å². The van der Waals surface area contributed by atoms with Crippen molar-refractivity contribution in [2.75, 3.05) is 11.9 Å². The number of nitrogens with one attached hydrogen (secondary N) is 1. The van der Waals surface area contributed by atoms with Gasteiger partial charge in [0.1, 0.15) is 5.75 Å². The lowest BCUT2D eigenvalue weighted by Gasteiger charge is -2.17. The van der Waals surface area contributed by atoms with E-state index in [9.17, 15) is 9.59 Å². The van der Waals surface area contributed by atoms with Crippen LogP contribution in [0.1, 0.15) is 24.5 Å². The average Bonchev–Trinajstić information content (AvgIpc) is 2.61. The molecule has 0 aliphatic carbocycles. The summed E-state index contributed by atoms with van der Waals surface area (Å²) < 4.78 is 10.7. The Labute approximate surface area is 148 Å². The van der Waals surface area contributed by atoms with Crippen LogP contribution in [0.15, 0.2) is 48.5 Å².